The van der Waals surface area contributed by atoms with Gasteiger partial charge in [-0.25, -0.2) is 25.5 Å². The molecule has 1 aliphatic rings. The SMILES string of the molecule is Cc1ccc(S(=O)(=O)N2CCN(C(=O)c3ccc(F)c(S(=O)(=O)N(C)C)c3)CC2)cc1C. The normalized spacial score (nSPS) is 15.9. The lowest BCUT2D eigenvalue weighted by Crippen LogP contribution is -2.50. The first kappa shape index (κ1) is 24.3. The van der Waals surface area contributed by atoms with E-state index in [1.165, 1.54) is 29.4 Å². The van der Waals surface area contributed by atoms with Crippen LogP contribution < -0.4 is 0 Å². The number of halogens is 1. The van der Waals surface area contributed by atoms with Gasteiger partial charge in [-0.2, -0.15) is 4.31 Å². The van der Waals surface area contributed by atoms with Crippen LogP contribution in [0.25, 0.3) is 0 Å². The molecule has 1 fully saturated rings. The summed E-state index contributed by atoms with van der Waals surface area (Å²) in [6, 6.07) is 8.16. The number of rotatable bonds is 5. The minimum atomic E-state index is -4.06. The van der Waals surface area contributed by atoms with Crippen molar-refractivity contribution in [3.63, 3.8) is 0 Å². The van der Waals surface area contributed by atoms with Crippen LogP contribution in [0.1, 0.15) is 21.5 Å². The van der Waals surface area contributed by atoms with Crippen molar-refractivity contribution in [2.75, 3.05) is 40.3 Å². The number of carbonyl (C=O) groups excluding carboxylic acids is 1. The number of piperazine rings is 1. The first-order chi connectivity index (χ1) is 14.9. The highest BCUT2D eigenvalue weighted by Gasteiger charge is 2.31. The molecule has 0 aromatic heterocycles. The predicted molar refractivity (Wildman–Crippen MR) is 118 cm³/mol. The molecule has 0 unspecified atom stereocenters. The van der Waals surface area contributed by atoms with E-state index < -0.39 is 36.7 Å². The highest BCUT2D eigenvalue weighted by Crippen LogP contribution is 2.23. The van der Waals surface area contributed by atoms with E-state index in [0.29, 0.717) is 0 Å². The molecule has 0 radical (unpaired) electrons. The summed E-state index contributed by atoms with van der Waals surface area (Å²) in [5, 5.41) is 0. The molecule has 1 aliphatic heterocycles. The Morgan fingerprint density at radius 1 is 0.906 bits per heavy atom. The van der Waals surface area contributed by atoms with Gasteiger partial charge in [-0.1, -0.05) is 6.07 Å². The van der Waals surface area contributed by atoms with Gasteiger partial charge < -0.3 is 4.90 Å². The maximum atomic E-state index is 14.1. The average molecular weight is 484 g/mol. The third kappa shape index (κ3) is 4.56. The van der Waals surface area contributed by atoms with Crippen molar-refractivity contribution in [2.45, 2.75) is 23.6 Å². The van der Waals surface area contributed by atoms with E-state index in [2.05, 4.69) is 0 Å². The van der Waals surface area contributed by atoms with Crippen molar-refractivity contribution in [3.8, 4) is 0 Å². The highest BCUT2D eigenvalue weighted by atomic mass is 32.2. The minimum absolute atomic E-state index is 0.0253. The molecule has 0 atom stereocenters. The zero-order valence-corrected chi connectivity index (χ0v) is 20.0. The Kier molecular flexibility index (Phi) is 6.75. The molecule has 174 valence electrons. The van der Waals surface area contributed by atoms with Gasteiger partial charge in [-0.15, -0.1) is 0 Å². The second kappa shape index (κ2) is 8.89. The molecule has 1 heterocycles. The average Bonchev–Trinajstić information content (AvgIpc) is 2.75. The van der Waals surface area contributed by atoms with E-state index in [0.717, 1.165) is 27.6 Å². The minimum Gasteiger partial charge on any atom is -0.336 e. The number of nitrogens with zero attached hydrogens (tertiary/aromatic N) is 3. The molecule has 0 N–H and O–H groups in total. The maximum absolute atomic E-state index is 14.1. The van der Waals surface area contributed by atoms with Crippen molar-refractivity contribution in [2.24, 2.45) is 0 Å². The second-order valence-electron chi connectivity index (χ2n) is 7.87. The van der Waals surface area contributed by atoms with Crippen LogP contribution in [0.4, 0.5) is 4.39 Å². The van der Waals surface area contributed by atoms with E-state index in [1.807, 2.05) is 13.8 Å². The fraction of sp³-hybridized carbons (Fsp3) is 0.381. The summed E-state index contributed by atoms with van der Waals surface area (Å²) in [6.45, 7) is 4.22. The Morgan fingerprint density at radius 3 is 2.09 bits per heavy atom. The molecule has 1 saturated heterocycles. The smallest absolute Gasteiger partial charge is 0.253 e. The van der Waals surface area contributed by atoms with E-state index >= 15 is 0 Å². The summed E-state index contributed by atoms with van der Waals surface area (Å²) < 4.78 is 66.9. The first-order valence-corrected chi connectivity index (χ1v) is 12.8. The first-order valence-electron chi connectivity index (χ1n) is 9.94. The fourth-order valence-electron chi connectivity index (χ4n) is 3.37. The van der Waals surface area contributed by atoms with E-state index in [9.17, 15) is 26.0 Å². The van der Waals surface area contributed by atoms with Crippen LogP contribution in [0.5, 0.6) is 0 Å². The second-order valence-corrected chi connectivity index (χ2v) is 11.9. The molecule has 0 bridgehead atoms. The van der Waals surface area contributed by atoms with Gasteiger partial charge in [-0.05, 0) is 55.3 Å². The molecule has 2 aromatic carbocycles. The predicted octanol–water partition coefficient (Wildman–Crippen LogP) is 1.84. The topological polar surface area (TPSA) is 95.1 Å². The van der Waals surface area contributed by atoms with Crippen molar-refractivity contribution in [1.29, 1.82) is 0 Å². The lowest BCUT2D eigenvalue weighted by Gasteiger charge is -2.34. The van der Waals surface area contributed by atoms with Crippen molar-refractivity contribution in [3.05, 3.63) is 58.9 Å². The molecule has 1 amide bonds. The standard InChI is InChI=1S/C21H26FN3O5S2/c1-15-5-7-18(13-16(15)2)31(27,28)25-11-9-24(10-12-25)21(26)17-6-8-19(22)20(14-17)32(29,30)23(3)4/h5-8,13-14H,9-12H2,1-4H3. The van der Waals surface area contributed by atoms with E-state index in [4.69, 9.17) is 0 Å². The maximum Gasteiger partial charge on any atom is 0.253 e. The molecular weight excluding hydrogens is 457 g/mol. The molecular formula is C21H26FN3O5S2. The molecule has 32 heavy (non-hydrogen) atoms. The van der Waals surface area contributed by atoms with Crippen LogP contribution in [-0.4, -0.2) is 76.5 Å². The monoisotopic (exact) mass is 483 g/mol. The van der Waals surface area contributed by atoms with Crippen LogP contribution in [0.3, 0.4) is 0 Å². The van der Waals surface area contributed by atoms with Gasteiger partial charge in [-0.3, -0.25) is 4.79 Å². The summed E-state index contributed by atoms with van der Waals surface area (Å²) >= 11 is 0. The van der Waals surface area contributed by atoms with Gasteiger partial charge in [0.05, 0.1) is 4.90 Å². The number of aryl methyl sites for hydroxylation is 2. The number of benzene rings is 2. The van der Waals surface area contributed by atoms with Crippen LogP contribution >= 0.6 is 0 Å². The summed E-state index contributed by atoms with van der Waals surface area (Å²) in [6.07, 6.45) is 0. The summed E-state index contributed by atoms with van der Waals surface area (Å²) in [4.78, 5) is 14.0. The highest BCUT2D eigenvalue weighted by molar-refractivity contribution is 7.89. The van der Waals surface area contributed by atoms with Gasteiger partial charge in [0, 0.05) is 45.8 Å². The quantitative estimate of drug-likeness (QED) is 0.647. The Morgan fingerprint density at radius 2 is 1.53 bits per heavy atom. The van der Waals surface area contributed by atoms with Crippen LogP contribution in [0.2, 0.25) is 0 Å². The van der Waals surface area contributed by atoms with Gasteiger partial charge in [0.2, 0.25) is 20.0 Å². The summed E-state index contributed by atoms with van der Waals surface area (Å²) in [5.74, 6) is -1.43. The number of hydrogen-bond donors (Lipinski definition) is 0. The molecule has 0 saturated carbocycles. The molecule has 0 aliphatic carbocycles. The van der Waals surface area contributed by atoms with Crippen molar-refractivity contribution >= 4 is 26.0 Å². The van der Waals surface area contributed by atoms with Gasteiger partial charge in [0.1, 0.15) is 10.7 Å². The zero-order valence-electron chi connectivity index (χ0n) is 18.4. The van der Waals surface area contributed by atoms with Crippen LogP contribution in [0, 0.1) is 19.7 Å². The number of sulfonamides is 2. The fourth-order valence-corrected chi connectivity index (χ4v) is 5.86. The molecule has 0 spiro atoms. The molecule has 8 nitrogen and oxygen atoms in total. The van der Waals surface area contributed by atoms with Gasteiger partial charge >= 0.3 is 0 Å². The molecule has 11 heteroatoms. The molecule has 3 rings (SSSR count). The van der Waals surface area contributed by atoms with Crippen LogP contribution in [0.15, 0.2) is 46.2 Å². The third-order valence-corrected chi connectivity index (χ3v) is 9.30. The van der Waals surface area contributed by atoms with Crippen molar-refractivity contribution in [1.82, 2.24) is 13.5 Å². The molecule has 2 aromatic rings. The number of hydrogen-bond acceptors (Lipinski definition) is 5. The van der Waals surface area contributed by atoms with Crippen LogP contribution in [-0.2, 0) is 20.0 Å². The zero-order chi connectivity index (χ0) is 23.8. The largest absolute Gasteiger partial charge is 0.336 e. The van der Waals surface area contributed by atoms with Crippen molar-refractivity contribution < 1.29 is 26.0 Å². The Hall–Kier alpha value is -2.34. The Labute approximate surface area is 188 Å². The lowest BCUT2D eigenvalue weighted by molar-refractivity contribution is 0.0697. The summed E-state index contributed by atoms with van der Waals surface area (Å²) in [7, 11) is -5.20. The number of carbonyl (C=O) groups is 1. The third-order valence-electron chi connectivity index (χ3n) is 5.58. The number of amides is 1. The Balaban J connectivity index is 1.77. The Bertz CT molecular complexity index is 1250. The summed E-state index contributed by atoms with van der Waals surface area (Å²) in [5.41, 5.74) is 1.89. The van der Waals surface area contributed by atoms with Gasteiger partial charge in [0.25, 0.3) is 5.91 Å². The lowest BCUT2D eigenvalue weighted by atomic mass is 10.1. The van der Waals surface area contributed by atoms with E-state index in [-0.39, 0.29) is 36.6 Å². The van der Waals surface area contributed by atoms with Gasteiger partial charge in [0.15, 0.2) is 0 Å². The van der Waals surface area contributed by atoms with E-state index in [1.54, 1.807) is 18.2 Å².